The molecule has 0 fully saturated rings. The van der Waals surface area contributed by atoms with Gasteiger partial charge in [-0.3, -0.25) is 48.3 Å². The molecule has 0 radical (unpaired) electrons. The molecule has 18 nitrogen and oxygen atoms in total. The molecule has 0 spiro atoms. The molecular weight excluding hydrogens is 649 g/mol. The van der Waals surface area contributed by atoms with Gasteiger partial charge >= 0.3 is 58.4 Å². The van der Waals surface area contributed by atoms with Gasteiger partial charge in [-0.15, -0.1) is 16.8 Å². The Morgan fingerprint density at radius 1 is 0.583 bits per heavy atom. The molecule has 10 N–H and O–H groups in total. The molecule has 1 atom stereocenters. The summed E-state index contributed by atoms with van der Waals surface area (Å²) in [6.07, 6.45) is 0. The molecular formula is C6H15F5LiO18P5S. The predicted molar refractivity (Wildman–Crippen MR) is 99.8 cm³/mol. The summed E-state index contributed by atoms with van der Waals surface area (Å²) in [6.45, 7) is 0. The minimum atomic E-state index is -5.39. The number of hydrogen-bond acceptors (Lipinski definition) is 8. The second-order valence-corrected chi connectivity index (χ2v) is 10.2. The molecule has 0 aliphatic rings. The van der Waals surface area contributed by atoms with Gasteiger partial charge in [0.05, 0.1) is 4.90 Å². The summed E-state index contributed by atoms with van der Waals surface area (Å²) >= 11 is 0. The van der Waals surface area contributed by atoms with Gasteiger partial charge in [-0.1, -0.05) is 18.2 Å². The fraction of sp³-hybridized carbons (Fsp3) is 0. The zero-order chi connectivity index (χ0) is 30.1. The van der Waals surface area contributed by atoms with Gasteiger partial charge in [-0.25, -0.2) is 18.3 Å². The third kappa shape index (κ3) is 188. The van der Waals surface area contributed by atoms with Gasteiger partial charge in [0.25, 0.3) is 10.1 Å². The molecule has 0 saturated carbocycles. The molecule has 1 aromatic carbocycles. The Morgan fingerprint density at radius 2 is 0.722 bits per heavy atom. The van der Waals surface area contributed by atoms with Crippen molar-refractivity contribution in [2.24, 2.45) is 0 Å². The fourth-order valence-electron chi connectivity index (χ4n) is 0.592. The number of halogens is 5. The first-order chi connectivity index (χ1) is 14.6. The van der Waals surface area contributed by atoms with Crippen LogP contribution in [0.25, 0.3) is 0 Å². The van der Waals surface area contributed by atoms with E-state index >= 15 is 0 Å². The van der Waals surface area contributed by atoms with Crippen LogP contribution in [0.2, 0.25) is 0 Å². The Bertz CT molecular complexity index is 870. The summed E-state index contributed by atoms with van der Waals surface area (Å²) in [5.41, 5.74) is 0. The Labute approximate surface area is 209 Å². The van der Waals surface area contributed by atoms with E-state index in [1.54, 1.807) is 18.2 Å². The van der Waals surface area contributed by atoms with E-state index in [9.17, 15) is 29.4 Å². The molecule has 0 saturated heterocycles. The number of rotatable bonds is 1. The fourth-order valence-corrected chi connectivity index (χ4v) is 1.09. The average Bonchev–Trinajstić information content (AvgIpc) is 2.38. The van der Waals surface area contributed by atoms with Crippen molar-refractivity contribution in [1.29, 1.82) is 0 Å². The summed E-state index contributed by atoms with van der Waals surface area (Å²) in [6, 6.07) is 7.42. The minimum absolute atomic E-state index is 0. The molecule has 1 aromatic rings. The second-order valence-electron chi connectivity index (χ2n) is 4.13. The van der Waals surface area contributed by atoms with Crippen LogP contribution in [0.15, 0.2) is 35.2 Å². The van der Waals surface area contributed by atoms with E-state index in [0.29, 0.717) is 0 Å². The van der Waals surface area contributed by atoms with Gasteiger partial charge < -0.3 is 9.79 Å². The van der Waals surface area contributed by atoms with E-state index in [2.05, 4.69) is 0 Å². The van der Waals surface area contributed by atoms with Gasteiger partial charge in [-0.05, 0) is 12.1 Å². The van der Waals surface area contributed by atoms with E-state index < -0.39 is 49.7 Å². The molecule has 0 aliphatic carbocycles. The van der Waals surface area contributed by atoms with Crippen LogP contribution in [0.4, 0.5) is 21.0 Å². The van der Waals surface area contributed by atoms with Gasteiger partial charge in [0.1, 0.15) is 0 Å². The Balaban J connectivity index is -0.0000000772. The smallest absolute Gasteiger partial charge is 0.753 e. The van der Waals surface area contributed by atoms with Gasteiger partial charge in [0.2, 0.25) is 0 Å². The van der Waals surface area contributed by atoms with Crippen LogP contribution in [-0.4, -0.2) is 57.0 Å². The molecule has 1 unspecified atom stereocenters. The number of hydrogen-bond donors (Lipinski definition) is 10. The molecule has 0 bridgehead atoms. The van der Waals surface area contributed by atoms with Crippen molar-refractivity contribution in [1.82, 2.24) is 0 Å². The molecule has 36 heavy (non-hydrogen) atoms. The van der Waals surface area contributed by atoms with Crippen molar-refractivity contribution < 1.29 is 125 Å². The SMILES string of the molecule is O=P(O)(O)F.O=P(O)(O)F.O=P(O)(O)F.O=P(O)(O)F.O=P([O-])(O)F.O=S(=O)(O)c1ccccc1.[Li+]. The monoisotopic (exact) mass is 664 g/mol. The number of benzene rings is 1. The van der Waals surface area contributed by atoms with Crippen LogP contribution in [0, 0.1) is 0 Å². The van der Waals surface area contributed by atoms with Gasteiger partial charge in [-0.2, -0.15) is 12.6 Å². The molecule has 0 aromatic heterocycles. The summed E-state index contributed by atoms with van der Waals surface area (Å²) < 4.78 is 124. The third-order valence-corrected chi connectivity index (χ3v) is 1.91. The van der Waals surface area contributed by atoms with Crippen LogP contribution in [-0.2, 0) is 32.9 Å². The molecule has 0 heterocycles. The third-order valence-electron chi connectivity index (χ3n) is 1.04. The Hall–Kier alpha value is 0.127. The van der Waals surface area contributed by atoms with Crippen LogP contribution in [0.1, 0.15) is 0 Å². The van der Waals surface area contributed by atoms with Crippen molar-refractivity contribution in [3.8, 4) is 0 Å². The average molecular weight is 664 g/mol. The minimum Gasteiger partial charge on any atom is -0.753 e. The van der Waals surface area contributed by atoms with E-state index in [1.165, 1.54) is 12.1 Å². The van der Waals surface area contributed by atoms with Crippen LogP contribution >= 0.6 is 39.5 Å². The van der Waals surface area contributed by atoms with Crippen LogP contribution < -0.4 is 23.8 Å². The molecule has 30 heteroatoms. The van der Waals surface area contributed by atoms with Gasteiger partial charge in [0, 0.05) is 0 Å². The summed E-state index contributed by atoms with van der Waals surface area (Å²) in [5.74, 6) is 0. The zero-order valence-electron chi connectivity index (χ0n) is 16.7. The molecule has 1 rings (SSSR count). The quantitative estimate of drug-likeness (QED) is 0.0644. The maximum atomic E-state index is 10.4. The first-order valence-corrected chi connectivity index (χ1v) is 15.3. The van der Waals surface area contributed by atoms with E-state index in [-0.39, 0.29) is 23.8 Å². The van der Waals surface area contributed by atoms with Crippen molar-refractivity contribution >= 4 is 49.7 Å². The maximum absolute atomic E-state index is 10.4. The van der Waals surface area contributed by atoms with Crippen molar-refractivity contribution in [2.45, 2.75) is 4.90 Å². The summed E-state index contributed by atoms with van der Waals surface area (Å²) in [7, 11) is -29.9. The van der Waals surface area contributed by atoms with E-state index in [0.717, 1.165) is 0 Å². The molecule has 0 aliphatic heterocycles. The first kappa shape index (κ1) is 49.1. The predicted octanol–water partition coefficient (Wildman–Crippen LogP) is -2.45. The topological polar surface area (TPSA) is 345 Å². The molecule has 214 valence electrons. The Kier molecular flexibility index (Phi) is 28.7. The standard InChI is InChI=1S/C6H6O3S.5FH2O3P.Li/c7-10(8,9)6-4-2-1-3-5-6;5*1-5(2,3)4;/h1-5H,(H,7,8,9);5*(H2,2,3,4);/q;;;;;;+1/p-1. The maximum Gasteiger partial charge on any atom is 1.00 e. The van der Waals surface area contributed by atoms with E-state index in [4.69, 9.17) is 76.3 Å². The van der Waals surface area contributed by atoms with Crippen molar-refractivity contribution in [3.05, 3.63) is 30.3 Å². The zero-order valence-corrected chi connectivity index (χ0v) is 21.9. The normalized spacial score (nSPS) is 12.7. The summed E-state index contributed by atoms with van der Waals surface area (Å²) in [4.78, 5) is 71.1. The van der Waals surface area contributed by atoms with Crippen molar-refractivity contribution in [3.63, 3.8) is 0 Å². The largest absolute Gasteiger partial charge is 1.00 e. The molecule has 0 amide bonds. The summed E-state index contributed by atoms with van der Waals surface area (Å²) in [5, 5.41) is 0. The van der Waals surface area contributed by atoms with Crippen LogP contribution in [0.5, 0.6) is 0 Å². The van der Waals surface area contributed by atoms with Gasteiger partial charge in [0.15, 0.2) is 0 Å². The van der Waals surface area contributed by atoms with E-state index in [1.807, 2.05) is 0 Å². The van der Waals surface area contributed by atoms with Crippen LogP contribution in [0.3, 0.4) is 0 Å². The second kappa shape index (κ2) is 21.0. The van der Waals surface area contributed by atoms with Crippen molar-refractivity contribution in [2.75, 3.05) is 0 Å². The Morgan fingerprint density at radius 3 is 0.806 bits per heavy atom. The first-order valence-electron chi connectivity index (χ1n) is 6.37.